The maximum absolute atomic E-state index is 6.02. The van der Waals surface area contributed by atoms with Gasteiger partial charge in [0.2, 0.25) is 0 Å². The molecule has 0 spiro atoms. The highest BCUT2D eigenvalue weighted by Crippen LogP contribution is 2.24. The van der Waals surface area contributed by atoms with Gasteiger partial charge < -0.3 is 5.32 Å². The summed E-state index contributed by atoms with van der Waals surface area (Å²) in [5.74, 6) is 0. The fourth-order valence-corrected chi connectivity index (χ4v) is 2.41. The highest BCUT2D eigenvalue weighted by Gasteiger charge is 2.05. The van der Waals surface area contributed by atoms with Gasteiger partial charge in [0.15, 0.2) is 5.15 Å². The molecule has 0 saturated carbocycles. The molecule has 0 aliphatic rings. The van der Waals surface area contributed by atoms with Crippen molar-refractivity contribution in [2.24, 2.45) is 0 Å². The highest BCUT2D eigenvalue weighted by atomic mass is 35.5. The molecule has 5 heteroatoms. The van der Waals surface area contributed by atoms with Crippen LogP contribution in [-0.4, -0.2) is 9.97 Å². The molecule has 3 nitrogen and oxygen atoms in total. The monoisotopic (exact) mass is 253 g/mol. The van der Waals surface area contributed by atoms with Crippen LogP contribution in [0.4, 0.5) is 5.69 Å². The summed E-state index contributed by atoms with van der Waals surface area (Å²) in [5, 5.41) is 4.88. The number of nitrogens with zero attached hydrogens (tertiary/aromatic N) is 2. The highest BCUT2D eigenvalue weighted by molar-refractivity contribution is 7.11. The van der Waals surface area contributed by atoms with Gasteiger partial charge in [-0.05, 0) is 25.5 Å². The van der Waals surface area contributed by atoms with Gasteiger partial charge in [-0.3, -0.25) is 0 Å². The molecule has 0 aromatic carbocycles. The zero-order valence-electron chi connectivity index (χ0n) is 9.12. The Hall–Kier alpha value is -1.13. The first-order chi connectivity index (χ1) is 7.66. The second-order valence-electron chi connectivity index (χ2n) is 3.49. The lowest BCUT2D eigenvalue weighted by atomic mass is 10.2. The van der Waals surface area contributed by atoms with Gasteiger partial charge in [-0.25, -0.2) is 9.97 Å². The van der Waals surface area contributed by atoms with E-state index < -0.39 is 0 Å². The van der Waals surface area contributed by atoms with E-state index in [1.54, 1.807) is 17.5 Å². The third-order valence-corrected chi connectivity index (χ3v) is 3.42. The van der Waals surface area contributed by atoms with Crippen molar-refractivity contribution < 1.29 is 0 Å². The molecule has 0 bridgehead atoms. The van der Waals surface area contributed by atoms with E-state index in [0.29, 0.717) is 5.15 Å². The Kier molecular flexibility index (Phi) is 3.41. The lowest BCUT2D eigenvalue weighted by molar-refractivity contribution is 1.14. The molecule has 0 fully saturated rings. The summed E-state index contributed by atoms with van der Waals surface area (Å²) >= 11 is 7.70. The number of anilines is 1. The standard InChI is InChI=1S/C11H12ClN3S/c1-7-3-4-13-11(12)10(7)15-6-9-5-14-8(2)16-9/h3-5,15H,6H2,1-2H3. The number of aryl methyl sites for hydroxylation is 2. The number of halogens is 1. The van der Waals surface area contributed by atoms with Crippen LogP contribution in [0.2, 0.25) is 5.15 Å². The summed E-state index contributed by atoms with van der Waals surface area (Å²) in [5.41, 5.74) is 2.00. The molecule has 0 aliphatic carbocycles. The second kappa shape index (κ2) is 4.80. The predicted molar refractivity (Wildman–Crippen MR) is 68.2 cm³/mol. The molecule has 2 heterocycles. The van der Waals surface area contributed by atoms with Crippen LogP contribution in [0.3, 0.4) is 0 Å². The van der Waals surface area contributed by atoms with Crippen molar-refractivity contribution in [3.05, 3.63) is 39.1 Å². The van der Waals surface area contributed by atoms with Gasteiger partial charge in [0.25, 0.3) is 0 Å². The van der Waals surface area contributed by atoms with Gasteiger partial charge in [-0.15, -0.1) is 11.3 Å². The maximum Gasteiger partial charge on any atom is 0.152 e. The molecule has 0 amide bonds. The molecule has 2 aromatic rings. The normalized spacial score (nSPS) is 10.4. The van der Waals surface area contributed by atoms with Crippen molar-refractivity contribution in [1.29, 1.82) is 0 Å². The second-order valence-corrected chi connectivity index (χ2v) is 5.17. The summed E-state index contributed by atoms with van der Waals surface area (Å²) in [6, 6.07) is 1.94. The van der Waals surface area contributed by atoms with Crippen molar-refractivity contribution in [3.8, 4) is 0 Å². The van der Waals surface area contributed by atoms with Crippen LogP contribution in [0, 0.1) is 13.8 Å². The van der Waals surface area contributed by atoms with Gasteiger partial charge in [0.1, 0.15) is 0 Å². The van der Waals surface area contributed by atoms with E-state index >= 15 is 0 Å². The molecular formula is C11H12ClN3S. The Labute approximate surface area is 104 Å². The quantitative estimate of drug-likeness (QED) is 0.852. The Balaban J connectivity index is 2.10. The topological polar surface area (TPSA) is 37.8 Å². The number of hydrogen-bond acceptors (Lipinski definition) is 4. The number of thiazole rings is 1. The van der Waals surface area contributed by atoms with Crippen molar-refractivity contribution in [2.45, 2.75) is 20.4 Å². The Bertz CT molecular complexity index is 475. The number of hydrogen-bond donors (Lipinski definition) is 1. The van der Waals surface area contributed by atoms with Crippen LogP contribution in [0.5, 0.6) is 0 Å². The third-order valence-electron chi connectivity index (χ3n) is 2.22. The minimum Gasteiger partial charge on any atom is -0.377 e. The summed E-state index contributed by atoms with van der Waals surface area (Å²) in [4.78, 5) is 9.44. The van der Waals surface area contributed by atoms with Crippen LogP contribution in [0.1, 0.15) is 15.4 Å². The molecule has 0 atom stereocenters. The van der Waals surface area contributed by atoms with Gasteiger partial charge in [0, 0.05) is 17.3 Å². The summed E-state index contributed by atoms with van der Waals surface area (Å²) in [7, 11) is 0. The minimum absolute atomic E-state index is 0.515. The average molecular weight is 254 g/mol. The van der Waals surface area contributed by atoms with E-state index in [1.807, 2.05) is 26.1 Å². The number of aromatic nitrogens is 2. The van der Waals surface area contributed by atoms with Gasteiger partial charge in [0.05, 0.1) is 17.2 Å². The zero-order valence-corrected chi connectivity index (χ0v) is 10.7. The zero-order chi connectivity index (χ0) is 11.5. The number of nitrogens with one attached hydrogen (secondary N) is 1. The first-order valence-electron chi connectivity index (χ1n) is 4.93. The van der Waals surface area contributed by atoms with E-state index in [0.717, 1.165) is 22.8 Å². The molecule has 84 valence electrons. The summed E-state index contributed by atoms with van der Waals surface area (Å²) in [6.07, 6.45) is 3.59. The lowest BCUT2D eigenvalue weighted by Gasteiger charge is -2.08. The van der Waals surface area contributed by atoms with Crippen molar-refractivity contribution in [2.75, 3.05) is 5.32 Å². The Morgan fingerprint density at radius 3 is 2.81 bits per heavy atom. The minimum atomic E-state index is 0.515. The average Bonchev–Trinajstić information content (AvgIpc) is 2.63. The Morgan fingerprint density at radius 1 is 1.38 bits per heavy atom. The number of pyridine rings is 1. The molecule has 0 aliphatic heterocycles. The number of rotatable bonds is 3. The van der Waals surface area contributed by atoms with Gasteiger partial charge in [-0.1, -0.05) is 11.6 Å². The van der Waals surface area contributed by atoms with E-state index in [2.05, 4.69) is 15.3 Å². The predicted octanol–water partition coefficient (Wildman–Crippen LogP) is 3.42. The van der Waals surface area contributed by atoms with Crippen molar-refractivity contribution >= 4 is 28.6 Å². The fraction of sp³-hybridized carbons (Fsp3) is 0.273. The van der Waals surface area contributed by atoms with E-state index in [1.165, 1.54) is 4.88 Å². The van der Waals surface area contributed by atoms with Crippen LogP contribution < -0.4 is 5.32 Å². The SMILES string of the molecule is Cc1ncc(CNc2c(C)ccnc2Cl)s1. The van der Waals surface area contributed by atoms with Crippen LogP contribution >= 0.6 is 22.9 Å². The molecule has 16 heavy (non-hydrogen) atoms. The molecule has 0 saturated heterocycles. The van der Waals surface area contributed by atoms with Gasteiger partial charge >= 0.3 is 0 Å². The first kappa shape index (κ1) is 11.4. The first-order valence-corrected chi connectivity index (χ1v) is 6.12. The summed E-state index contributed by atoms with van der Waals surface area (Å²) < 4.78 is 0. The molecule has 0 radical (unpaired) electrons. The molecule has 2 rings (SSSR count). The lowest BCUT2D eigenvalue weighted by Crippen LogP contribution is -2.01. The third kappa shape index (κ3) is 2.51. The van der Waals surface area contributed by atoms with E-state index in [4.69, 9.17) is 11.6 Å². The van der Waals surface area contributed by atoms with Crippen LogP contribution in [-0.2, 0) is 6.54 Å². The maximum atomic E-state index is 6.02. The van der Waals surface area contributed by atoms with Crippen LogP contribution in [0.15, 0.2) is 18.5 Å². The molecule has 1 N–H and O–H groups in total. The van der Waals surface area contributed by atoms with E-state index in [9.17, 15) is 0 Å². The molecule has 2 aromatic heterocycles. The summed E-state index contributed by atoms with van der Waals surface area (Å²) in [6.45, 7) is 4.74. The van der Waals surface area contributed by atoms with Crippen molar-refractivity contribution in [1.82, 2.24) is 9.97 Å². The smallest absolute Gasteiger partial charge is 0.152 e. The Morgan fingerprint density at radius 2 is 2.19 bits per heavy atom. The van der Waals surface area contributed by atoms with Gasteiger partial charge in [-0.2, -0.15) is 0 Å². The largest absolute Gasteiger partial charge is 0.377 e. The van der Waals surface area contributed by atoms with Crippen molar-refractivity contribution in [3.63, 3.8) is 0 Å². The van der Waals surface area contributed by atoms with E-state index in [-0.39, 0.29) is 0 Å². The molecular weight excluding hydrogens is 242 g/mol. The molecule has 0 unspecified atom stereocenters. The van der Waals surface area contributed by atoms with Crippen LogP contribution in [0.25, 0.3) is 0 Å². The fourth-order valence-electron chi connectivity index (χ4n) is 1.40.